The lowest BCUT2D eigenvalue weighted by Gasteiger charge is -2.33. The van der Waals surface area contributed by atoms with E-state index in [-0.39, 0.29) is 41.8 Å². The van der Waals surface area contributed by atoms with Crippen LogP contribution in [0.15, 0.2) is 12.4 Å². The van der Waals surface area contributed by atoms with Gasteiger partial charge in [0.15, 0.2) is 6.67 Å². The van der Waals surface area contributed by atoms with Gasteiger partial charge in [0.1, 0.15) is 6.20 Å². The first-order valence-corrected chi connectivity index (χ1v) is 9.13. The van der Waals surface area contributed by atoms with Crippen molar-refractivity contribution in [3.8, 4) is 0 Å². The van der Waals surface area contributed by atoms with Gasteiger partial charge in [0.25, 0.3) is 0 Å². The number of carbonyl (C=O) groups excluding carboxylic acids is 3. The fraction of sp³-hybridized carbons (Fsp3) is 0.706. The molecule has 3 aliphatic heterocycles. The van der Waals surface area contributed by atoms with E-state index in [1.54, 1.807) is 18.7 Å². The van der Waals surface area contributed by atoms with Gasteiger partial charge in [-0.05, 0) is 0 Å². The summed E-state index contributed by atoms with van der Waals surface area (Å²) in [6.07, 6.45) is 3.79. The number of urea groups is 1. The van der Waals surface area contributed by atoms with Gasteiger partial charge in [-0.3, -0.25) is 14.5 Å². The van der Waals surface area contributed by atoms with E-state index in [0.29, 0.717) is 32.8 Å². The summed E-state index contributed by atoms with van der Waals surface area (Å²) in [7, 11) is 1.95. The van der Waals surface area contributed by atoms with Crippen LogP contribution in [0, 0.1) is 0 Å². The van der Waals surface area contributed by atoms with Crippen LogP contribution < -0.4 is 34.2 Å². The number of quaternary nitrogens is 1. The van der Waals surface area contributed by atoms with E-state index in [1.807, 2.05) is 34.1 Å². The molecule has 3 heterocycles. The Bertz CT molecular complexity index is 545. The molecule has 0 spiro atoms. The van der Waals surface area contributed by atoms with Crippen LogP contribution in [0.5, 0.6) is 0 Å². The van der Waals surface area contributed by atoms with Crippen molar-refractivity contribution in [2.45, 2.75) is 13.8 Å². The first-order valence-electron chi connectivity index (χ1n) is 9.13. The highest BCUT2D eigenvalue weighted by Gasteiger charge is 2.31. The van der Waals surface area contributed by atoms with E-state index in [2.05, 4.69) is 5.32 Å². The molecule has 3 rings (SSSR count). The number of amides is 4. The number of nitrogens with zero attached hydrogens (tertiary/aromatic N) is 4. The zero-order valence-electron chi connectivity index (χ0n) is 16.4. The zero-order chi connectivity index (χ0) is 19.1. The molecule has 0 saturated carbocycles. The molecule has 27 heavy (non-hydrogen) atoms. The summed E-state index contributed by atoms with van der Waals surface area (Å²) in [6.45, 7) is 10.1. The molecular formula is C17H31IN6O3. The molecule has 1 atom stereocenters. The maximum absolute atomic E-state index is 12.1. The van der Waals surface area contributed by atoms with Gasteiger partial charge in [0.05, 0.1) is 6.20 Å². The first kappa shape index (κ1) is 23.6. The van der Waals surface area contributed by atoms with Gasteiger partial charge in [-0.1, -0.05) is 0 Å². The summed E-state index contributed by atoms with van der Waals surface area (Å²) in [5, 5.41) is 3.18. The molecule has 0 radical (unpaired) electrons. The van der Waals surface area contributed by atoms with E-state index < -0.39 is 0 Å². The smallest absolute Gasteiger partial charge is 0.423 e. The molecule has 2 fully saturated rings. The number of halogens is 1. The van der Waals surface area contributed by atoms with Crippen LogP contribution in [0.3, 0.4) is 0 Å². The predicted molar refractivity (Wildman–Crippen MR) is 97.1 cm³/mol. The fourth-order valence-electron chi connectivity index (χ4n) is 3.14. The van der Waals surface area contributed by atoms with E-state index in [4.69, 9.17) is 0 Å². The minimum atomic E-state index is 0. The van der Waals surface area contributed by atoms with Crippen LogP contribution in [0.2, 0.25) is 0 Å². The Morgan fingerprint density at radius 1 is 0.852 bits per heavy atom. The second-order valence-corrected chi connectivity index (χ2v) is 6.81. The molecule has 2 saturated heterocycles. The van der Waals surface area contributed by atoms with Gasteiger partial charge in [0, 0.05) is 73.3 Å². The van der Waals surface area contributed by atoms with Crippen molar-refractivity contribution in [3.05, 3.63) is 12.4 Å². The van der Waals surface area contributed by atoms with Crippen molar-refractivity contribution in [1.29, 1.82) is 0 Å². The lowest BCUT2D eigenvalue weighted by molar-refractivity contribution is -0.764. The Hall–Kier alpha value is -1.40. The van der Waals surface area contributed by atoms with Gasteiger partial charge in [-0.25, -0.2) is 9.69 Å². The van der Waals surface area contributed by atoms with Crippen LogP contribution in [0.25, 0.3) is 0 Å². The van der Waals surface area contributed by atoms with Crippen LogP contribution in [0.4, 0.5) is 4.79 Å². The second-order valence-electron chi connectivity index (χ2n) is 6.81. The van der Waals surface area contributed by atoms with E-state index in [1.165, 1.54) is 0 Å². The Morgan fingerprint density at radius 2 is 1.33 bits per heavy atom. The van der Waals surface area contributed by atoms with E-state index in [0.717, 1.165) is 31.1 Å². The van der Waals surface area contributed by atoms with Crippen molar-refractivity contribution in [2.75, 3.05) is 66.1 Å². The zero-order valence-corrected chi connectivity index (χ0v) is 18.6. The maximum Gasteiger partial charge on any atom is 0.423 e. The number of rotatable bonds is 0. The average molecular weight is 494 g/mol. The summed E-state index contributed by atoms with van der Waals surface area (Å²) in [5.74, 6) is 0.279. The lowest BCUT2D eigenvalue weighted by Crippen LogP contribution is -3.11. The van der Waals surface area contributed by atoms with Crippen LogP contribution in [-0.4, -0.2) is 104 Å². The van der Waals surface area contributed by atoms with Gasteiger partial charge in [-0.15, -0.1) is 0 Å². The lowest BCUT2D eigenvalue weighted by atomic mass is 10.3. The molecule has 1 unspecified atom stereocenters. The molecule has 0 aromatic rings. The number of nitrogens with one attached hydrogen (secondary N) is 2. The van der Waals surface area contributed by atoms with Crippen LogP contribution >= 0.6 is 0 Å². The number of hydrogen-bond acceptors (Lipinski definition) is 5. The van der Waals surface area contributed by atoms with E-state index in [9.17, 15) is 14.4 Å². The summed E-state index contributed by atoms with van der Waals surface area (Å²) in [5.41, 5.74) is 0. The molecular weight excluding hydrogens is 463 g/mol. The molecule has 0 bridgehead atoms. The number of hydrogen-bond donors (Lipinski definition) is 2. The topological polar surface area (TPSA) is 80.6 Å². The predicted octanol–water partition coefficient (Wildman–Crippen LogP) is -5.03. The summed E-state index contributed by atoms with van der Waals surface area (Å²) in [6, 6.07) is 0.105. The molecule has 0 aliphatic carbocycles. The summed E-state index contributed by atoms with van der Waals surface area (Å²) in [4.78, 5) is 42.3. The van der Waals surface area contributed by atoms with Gasteiger partial charge in [-0.2, -0.15) is 0 Å². The fourth-order valence-corrected chi connectivity index (χ4v) is 3.14. The summed E-state index contributed by atoms with van der Waals surface area (Å²) >= 11 is 0. The third kappa shape index (κ3) is 7.26. The highest BCUT2D eigenvalue weighted by molar-refractivity contribution is 5.74. The Morgan fingerprint density at radius 3 is 1.74 bits per heavy atom. The Labute approximate surface area is 178 Å². The third-order valence-electron chi connectivity index (χ3n) is 4.80. The molecule has 9 nitrogen and oxygen atoms in total. The largest absolute Gasteiger partial charge is 1.00 e. The summed E-state index contributed by atoms with van der Waals surface area (Å²) < 4.78 is 0. The van der Waals surface area contributed by atoms with Crippen LogP contribution in [0.1, 0.15) is 13.8 Å². The van der Waals surface area contributed by atoms with Gasteiger partial charge < -0.3 is 44.0 Å². The van der Waals surface area contributed by atoms with Crippen molar-refractivity contribution < 1.29 is 43.3 Å². The second kappa shape index (κ2) is 11.4. The average Bonchev–Trinajstić information content (AvgIpc) is 3.09. The minimum Gasteiger partial charge on any atom is -1.00 e. The SMILES string of the molecule is CC(=O)N1CCN(C(=O)[NH+]2C=CN(C)C2)CC1.CC(=O)N1CCNCC1.[I-]. The van der Waals surface area contributed by atoms with Gasteiger partial charge in [0.2, 0.25) is 11.8 Å². The third-order valence-corrected chi connectivity index (χ3v) is 4.80. The maximum atomic E-state index is 12.1. The van der Waals surface area contributed by atoms with Crippen LogP contribution in [-0.2, 0) is 9.59 Å². The quantitative estimate of drug-likeness (QED) is 0.330. The van der Waals surface area contributed by atoms with Crippen molar-refractivity contribution in [2.24, 2.45) is 0 Å². The molecule has 0 aromatic carbocycles. The minimum absolute atomic E-state index is 0. The number of carbonyl (C=O) groups is 3. The van der Waals surface area contributed by atoms with Gasteiger partial charge >= 0.3 is 6.03 Å². The molecule has 2 N–H and O–H groups in total. The van der Waals surface area contributed by atoms with Crippen molar-refractivity contribution in [3.63, 3.8) is 0 Å². The molecule has 4 amide bonds. The highest BCUT2D eigenvalue weighted by atomic mass is 127. The molecule has 154 valence electrons. The van der Waals surface area contributed by atoms with Crippen molar-refractivity contribution in [1.82, 2.24) is 24.9 Å². The Kier molecular flexibility index (Phi) is 10.0. The highest BCUT2D eigenvalue weighted by Crippen LogP contribution is 2.01. The normalized spacial score (nSPS) is 22.0. The standard InChI is InChI=1S/C11H18N4O2.C6H12N2O.HI/c1-10(16)13-5-7-14(8-6-13)11(17)15-4-3-12(2)9-15;1-6(9)8-4-2-7-3-5-8;/h3-4H,5-9H2,1-2H3;7H,2-5H2,1H3;1H. The van der Waals surface area contributed by atoms with Crippen molar-refractivity contribution >= 4 is 17.8 Å². The number of piperazine rings is 2. The van der Waals surface area contributed by atoms with E-state index >= 15 is 0 Å². The Balaban J connectivity index is 0.000000310. The molecule has 10 heteroatoms. The first-order chi connectivity index (χ1) is 12.4. The molecule has 0 aromatic heterocycles. The molecule has 3 aliphatic rings. The monoisotopic (exact) mass is 494 g/mol.